The van der Waals surface area contributed by atoms with E-state index in [1.54, 1.807) is 14.0 Å². The van der Waals surface area contributed by atoms with Gasteiger partial charge >= 0.3 is 0 Å². The summed E-state index contributed by atoms with van der Waals surface area (Å²) in [6.45, 7) is 1.59. The number of hydrogen-bond donors (Lipinski definition) is 0. The van der Waals surface area contributed by atoms with Crippen LogP contribution in [0.5, 0.6) is 0 Å². The van der Waals surface area contributed by atoms with Gasteiger partial charge in [-0.3, -0.25) is 4.79 Å². The summed E-state index contributed by atoms with van der Waals surface area (Å²) >= 11 is 5.63. The molecule has 1 rings (SSSR count). The number of rotatable bonds is 2. The van der Waals surface area contributed by atoms with Crippen LogP contribution in [0.25, 0.3) is 0 Å². The van der Waals surface area contributed by atoms with E-state index in [1.165, 1.54) is 4.90 Å². The quantitative estimate of drug-likeness (QED) is 0.650. The van der Waals surface area contributed by atoms with Gasteiger partial charge in [0, 0.05) is 13.1 Å². The molecule has 0 radical (unpaired) electrons. The normalized spacial score (nSPS) is 27.2. The minimum Gasteiger partial charge on any atom is -0.340 e. The van der Waals surface area contributed by atoms with Gasteiger partial charge in [0.25, 0.3) is 0 Å². The smallest absolute Gasteiger partial charge is 0.240 e. The maximum absolute atomic E-state index is 11.4. The van der Waals surface area contributed by atoms with Gasteiger partial charge in [-0.25, -0.2) is 8.42 Å². The van der Waals surface area contributed by atoms with E-state index in [1.807, 2.05) is 0 Å². The van der Waals surface area contributed by atoms with Crippen LogP contribution in [0.1, 0.15) is 13.3 Å². The van der Waals surface area contributed by atoms with Crippen molar-refractivity contribution in [3.63, 3.8) is 0 Å². The minimum atomic E-state index is -2.94. The standard InChI is InChI=1S/C8H14ClNO3S/c1-6(9)8(11)10(2)7-3-4-14(12,13)5-7/h6-7H,3-5H2,1-2H3/t6-,7+/m0/s1. The summed E-state index contributed by atoms with van der Waals surface area (Å²) in [6.07, 6.45) is 0.522. The van der Waals surface area contributed by atoms with Crippen molar-refractivity contribution in [1.82, 2.24) is 4.90 Å². The zero-order valence-electron chi connectivity index (χ0n) is 8.23. The molecule has 1 fully saturated rings. The first-order valence-electron chi connectivity index (χ1n) is 4.44. The summed E-state index contributed by atoms with van der Waals surface area (Å²) in [6, 6.07) is -0.200. The first-order chi connectivity index (χ1) is 6.33. The number of hydrogen-bond acceptors (Lipinski definition) is 3. The van der Waals surface area contributed by atoms with Gasteiger partial charge in [0.15, 0.2) is 9.84 Å². The Morgan fingerprint density at radius 1 is 1.57 bits per heavy atom. The number of halogens is 1. The fourth-order valence-corrected chi connectivity index (χ4v) is 3.47. The third-order valence-electron chi connectivity index (χ3n) is 2.44. The monoisotopic (exact) mass is 239 g/mol. The Balaban J connectivity index is 2.64. The first kappa shape index (κ1) is 11.8. The van der Waals surface area contributed by atoms with Crippen molar-refractivity contribution in [1.29, 1.82) is 0 Å². The number of alkyl halides is 1. The molecule has 0 saturated carbocycles. The van der Waals surface area contributed by atoms with E-state index < -0.39 is 15.2 Å². The van der Waals surface area contributed by atoms with Gasteiger partial charge < -0.3 is 4.90 Å². The SMILES string of the molecule is C[C@H](Cl)C(=O)N(C)[C@@H]1CCS(=O)(=O)C1. The number of sulfone groups is 1. The Bertz CT molecular complexity index is 325. The molecule has 82 valence electrons. The second kappa shape index (κ2) is 4.06. The van der Waals surface area contributed by atoms with Crippen LogP contribution >= 0.6 is 11.6 Å². The zero-order valence-corrected chi connectivity index (χ0v) is 9.81. The second-order valence-corrected chi connectivity index (χ2v) is 6.51. The topological polar surface area (TPSA) is 54.5 Å². The molecule has 0 spiro atoms. The van der Waals surface area contributed by atoms with Crippen molar-refractivity contribution in [2.45, 2.75) is 24.8 Å². The van der Waals surface area contributed by atoms with Gasteiger partial charge in [-0.15, -0.1) is 11.6 Å². The van der Waals surface area contributed by atoms with Crippen LogP contribution in [0, 0.1) is 0 Å². The number of carbonyl (C=O) groups is 1. The number of nitrogens with zero attached hydrogens (tertiary/aromatic N) is 1. The van der Waals surface area contributed by atoms with E-state index in [2.05, 4.69) is 0 Å². The van der Waals surface area contributed by atoms with Crippen LogP contribution < -0.4 is 0 Å². The van der Waals surface area contributed by atoms with Gasteiger partial charge in [-0.05, 0) is 13.3 Å². The molecule has 2 atom stereocenters. The molecule has 0 aromatic rings. The Morgan fingerprint density at radius 2 is 2.14 bits per heavy atom. The minimum absolute atomic E-state index is 0.0683. The van der Waals surface area contributed by atoms with Gasteiger partial charge in [-0.1, -0.05) is 0 Å². The van der Waals surface area contributed by atoms with E-state index in [0.29, 0.717) is 6.42 Å². The molecular formula is C8H14ClNO3S. The highest BCUT2D eigenvalue weighted by Gasteiger charge is 2.33. The predicted molar refractivity (Wildman–Crippen MR) is 55.1 cm³/mol. The van der Waals surface area contributed by atoms with Crippen LogP contribution in [-0.4, -0.2) is 49.2 Å². The van der Waals surface area contributed by atoms with Crippen LogP contribution in [-0.2, 0) is 14.6 Å². The fraction of sp³-hybridized carbons (Fsp3) is 0.875. The third-order valence-corrected chi connectivity index (χ3v) is 4.38. The molecule has 0 aromatic carbocycles. The van der Waals surface area contributed by atoms with E-state index in [-0.39, 0.29) is 23.5 Å². The average Bonchev–Trinajstić information content (AvgIpc) is 2.43. The molecule has 0 aliphatic carbocycles. The molecule has 1 saturated heterocycles. The van der Waals surface area contributed by atoms with Gasteiger partial charge in [0.1, 0.15) is 5.38 Å². The summed E-state index contributed by atoms with van der Waals surface area (Å²) in [5, 5.41) is -0.594. The van der Waals surface area contributed by atoms with Gasteiger partial charge in [-0.2, -0.15) is 0 Å². The van der Waals surface area contributed by atoms with Crippen LogP contribution in [0.3, 0.4) is 0 Å². The van der Waals surface area contributed by atoms with Crippen molar-refractivity contribution in [3.8, 4) is 0 Å². The Labute approximate surface area is 89.1 Å². The highest BCUT2D eigenvalue weighted by molar-refractivity contribution is 7.91. The van der Waals surface area contributed by atoms with E-state index >= 15 is 0 Å². The lowest BCUT2D eigenvalue weighted by Crippen LogP contribution is -2.41. The Morgan fingerprint density at radius 3 is 2.50 bits per heavy atom. The summed E-state index contributed by atoms with van der Waals surface area (Å²) in [7, 11) is -1.33. The molecule has 0 bridgehead atoms. The molecule has 1 amide bonds. The Kier molecular flexibility index (Phi) is 3.42. The van der Waals surface area contributed by atoms with E-state index in [0.717, 1.165) is 0 Å². The highest BCUT2D eigenvalue weighted by atomic mass is 35.5. The summed E-state index contributed by atoms with van der Waals surface area (Å²) in [5.41, 5.74) is 0. The fourth-order valence-electron chi connectivity index (χ4n) is 1.54. The third kappa shape index (κ3) is 2.60. The predicted octanol–water partition coefficient (Wildman–Crippen LogP) is 0.259. The van der Waals surface area contributed by atoms with Crippen molar-refractivity contribution >= 4 is 27.3 Å². The molecule has 0 N–H and O–H groups in total. The molecule has 1 heterocycles. The molecule has 0 aromatic heterocycles. The largest absolute Gasteiger partial charge is 0.340 e. The van der Waals surface area contributed by atoms with E-state index in [9.17, 15) is 13.2 Å². The Hall–Kier alpha value is -0.290. The molecular weight excluding hydrogens is 226 g/mol. The molecule has 14 heavy (non-hydrogen) atoms. The van der Waals surface area contributed by atoms with Crippen LogP contribution in [0.15, 0.2) is 0 Å². The van der Waals surface area contributed by atoms with Gasteiger partial charge in [0.05, 0.1) is 11.5 Å². The maximum Gasteiger partial charge on any atom is 0.240 e. The number of carbonyl (C=O) groups excluding carboxylic acids is 1. The summed E-state index contributed by atoms with van der Waals surface area (Å²) in [4.78, 5) is 12.9. The van der Waals surface area contributed by atoms with Crippen LogP contribution in [0.2, 0.25) is 0 Å². The van der Waals surface area contributed by atoms with Crippen LogP contribution in [0.4, 0.5) is 0 Å². The second-order valence-electron chi connectivity index (χ2n) is 3.62. The molecule has 1 aliphatic heterocycles. The number of amides is 1. The van der Waals surface area contributed by atoms with Gasteiger partial charge in [0.2, 0.25) is 5.91 Å². The summed E-state index contributed by atoms with van der Waals surface area (Å²) < 4.78 is 22.3. The lowest BCUT2D eigenvalue weighted by molar-refractivity contribution is -0.130. The summed E-state index contributed by atoms with van der Waals surface area (Å²) in [5.74, 6) is 0.0268. The first-order valence-corrected chi connectivity index (χ1v) is 6.70. The van der Waals surface area contributed by atoms with Crippen molar-refractivity contribution in [2.75, 3.05) is 18.6 Å². The van der Waals surface area contributed by atoms with Crippen molar-refractivity contribution < 1.29 is 13.2 Å². The lowest BCUT2D eigenvalue weighted by atomic mass is 10.2. The molecule has 1 aliphatic rings. The van der Waals surface area contributed by atoms with E-state index in [4.69, 9.17) is 11.6 Å². The molecule has 0 unspecified atom stereocenters. The zero-order chi connectivity index (χ0) is 10.9. The van der Waals surface area contributed by atoms with Crippen molar-refractivity contribution in [3.05, 3.63) is 0 Å². The van der Waals surface area contributed by atoms with Crippen molar-refractivity contribution in [2.24, 2.45) is 0 Å². The average molecular weight is 240 g/mol. The maximum atomic E-state index is 11.4. The highest BCUT2D eigenvalue weighted by Crippen LogP contribution is 2.17. The molecule has 6 heteroatoms. The molecule has 4 nitrogen and oxygen atoms in total. The lowest BCUT2D eigenvalue weighted by Gasteiger charge is -2.24.